The summed E-state index contributed by atoms with van der Waals surface area (Å²) in [6, 6.07) is 24.3. The van der Waals surface area contributed by atoms with Crippen LogP contribution in [-0.2, 0) is 12.8 Å². The lowest BCUT2D eigenvalue weighted by Crippen LogP contribution is -1.87. The van der Waals surface area contributed by atoms with Crippen molar-refractivity contribution in [3.63, 3.8) is 0 Å². The number of hydrogen-bond donors (Lipinski definition) is 4. The van der Waals surface area contributed by atoms with Gasteiger partial charge in [0.15, 0.2) is 0 Å². The summed E-state index contributed by atoms with van der Waals surface area (Å²) in [5.41, 5.74) is 36.8. The Balaban J connectivity index is 0.000000128. The van der Waals surface area contributed by atoms with Crippen molar-refractivity contribution in [1.29, 1.82) is 0 Å². The minimum atomic E-state index is 0.828. The first kappa shape index (κ1) is 18.1. The predicted molar refractivity (Wildman–Crippen MR) is 127 cm³/mol. The molecule has 4 heteroatoms. The molecule has 8 N–H and O–H groups in total. The zero-order valence-electron chi connectivity index (χ0n) is 16.7. The van der Waals surface area contributed by atoms with E-state index in [2.05, 4.69) is 24.3 Å². The number of nitrogens with two attached hydrogens (primary N) is 4. The second kappa shape index (κ2) is 6.85. The van der Waals surface area contributed by atoms with Gasteiger partial charge in [0.25, 0.3) is 0 Å². The molecule has 0 heterocycles. The van der Waals surface area contributed by atoms with Crippen LogP contribution in [0.3, 0.4) is 0 Å². The SMILES string of the molecule is Nc1ccc2c(c1)Cc1cc(N)ccc1-2.Nc1ccc2c(c1)Cc1cc(N)ccc1-2. The molecule has 0 aromatic heterocycles. The lowest BCUT2D eigenvalue weighted by atomic mass is 10.1. The Hall–Kier alpha value is -3.92. The van der Waals surface area contributed by atoms with E-state index in [1.807, 2.05) is 48.5 Å². The van der Waals surface area contributed by atoms with Gasteiger partial charge in [-0.15, -0.1) is 0 Å². The van der Waals surface area contributed by atoms with Gasteiger partial charge in [-0.3, -0.25) is 0 Å². The Kier molecular flexibility index (Phi) is 4.14. The normalized spacial score (nSPS) is 12.3. The van der Waals surface area contributed by atoms with Crippen LogP contribution in [0, 0.1) is 0 Å². The van der Waals surface area contributed by atoms with Gasteiger partial charge in [0.1, 0.15) is 0 Å². The molecule has 0 saturated heterocycles. The third-order valence-corrected chi connectivity index (χ3v) is 5.86. The summed E-state index contributed by atoms with van der Waals surface area (Å²) in [6.45, 7) is 0. The zero-order chi connectivity index (χ0) is 20.8. The standard InChI is InChI=1S/2C13H12N2/c2*14-10-1-3-12-8(6-10)5-9-7-11(15)2-4-13(9)12/h2*1-4,6-7H,5,14-15H2. The minimum absolute atomic E-state index is 0.828. The molecule has 0 fully saturated rings. The highest BCUT2D eigenvalue weighted by Crippen LogP contribution is 2.39. The first-order chi connectivity index (χ1) is 14.5. The fraction of sp³-hybridized carbons (Fsp3) is 0.0769. The molecule has 6 rings (SSSR count). The van der Waals surface area contributed by atoms with Crippen LogP contribution in [0.25, 0.3) is 22.3 Å². The quantitative estimate of drug-likeness (QED) is 0.278. The van der Waals surface area contributed by atoms with Crippen molar-refractivity contribution in [2.24, 2.45) is 0 Å². The topological polar surface area (TPSA) is 104 Å². The molecule has 148 valence electrons. The third-order valence-electron chi connectivity index (χ3n) is 5.86. The smallest absolute Gasteiger partial charge is 0.0317 e. The number of rotatable bonds is 0. The number of benzene rings is 4. The summed E-state index contributed by atoms with van der Waals surface area (Å²) >= 11 is 0. The molecule has 2 aliphatic rings. The molecule has 0 amide bonds. The monoisotopic (exact) mass is 392 g/mol. The van der Waals surface area contributed by atoms with E-state index in [0.29, 0.717) is 0 Å². The van der Waals surface area contributed by atoms with E-state index in [0.717, 1.165) is 35.6 Å². The van der Waals surface area contributed by atoms with Crippen molar-refractivity contribution < 1.29 is 0 Å². The van der Waals surface area contributed by atoms with E-state index in [9.17, 15) is 0 Å². The van der Waals surface area contributed by atoms with E-state index in [1.54, 1.807) is 0 Å². The second-order valence-corrected chi connectivity index (χ2v) is 8.02. The van der Waals surface area contributed by atoms with Gasteiger partial charge in [-0.25, -0.2) is 0 Å². The molecule has 4 aromatic carbocycles. The number of hydrogen-bond acceptors (Lipinski definition) is 4. The van der Waals surface area contributed by atoms with E-state index < -0.39 is 0 Å². The lowest BCUT2D eigenvalue weighted by molar-refractivity contribution is 1.26. The summed E-state index contributed by atoms with van der Waals surface area (Å²) in [6.07, 6.45) is 1.89. The molecule has 0 unspecified atom stereocenters. The van der Waals surface area contributed by atoms with Crippen LogP contribution >= 0.6 is 0 Å². The van der Waals surface area contributed by atoms with Crippen LogP contribution in [0.4, 0.5) is 22.7 Å². The fourth-order valence-electron chi connectivity index (χ4n) is 4.50. The van der Waals surface area contributed by atoms with Gasteiger partial charge in [-0.05, 0) is 106 Å². The van der Waals surface area contributed by atoms with Crippen LogP contribution in [0.1, 0.15) is 22.3 Å². The van der Waals surface area contributed by atoms with Crippen molar-refractivity contribution >= 4 is 22.7 Å². The van der Waals surface area contributed by atoms with Crippen LogP contribution < -0.4 is 22.9 Å². The number of anilines is 4. The molecule has 0 bridgehead atoms. The van der Waals surface area contributed by atoms with Crippen molar-refractivity contribution in [3.8, 4) is 22.3 Å². The molecular weight excluding hydrogens is 368 g/mol. The third kappa shape index (κ3) is 3.12. The van der Waals surface area contributed by atoms with Gasteiger partial charge in [0, 0.05) is 22.7 Å². The molecule has 2 aliphatic carbocycles. The van der Waals surface area contributed by atoms with E-state index in [-0.39, 0.29) is 0 Å². The molecule has 0 radical (unpaired) electrons. The maximum absolute atomic E-state index is 5.77. The molecule has 4 aromatic rings. The van der Waals surface area contributed by atoms with E-state index >= 15 is 0 Å². The first-order valence-electron chi connectivity index (χ1n) is 10.0. The highest BCUT2D eigenvalue weighted by Gasteiger charge is 2.19. The van der Waals surface area contributed by atoms with Gasteiger partial charge in [0.05, 0.1) is 0 Å². The average molecular weight is 393 g/mol. The molecule has 0 spiro atoms. The van der Waals surface area contributed by atoms with Crippen molar-refractivity contribution in [1.82, 2.24) is 0 Å². The van der Waals surface area contributed by atoms with Crippen LogP contribution in [0.15, 0.2) is 72.8 Å². The summed E-state index contributed by atoms with van der Waals surface area (Å²) in [5, 5.41) is 0. The van der Waals surface area contributed by atoms with Crippen LogP contribution in [-0.4, -0.2) is 0 Å². The number of nitrogen functional groups attached to an aromatic ring is 4. The molecule has 0 saturated carbocycles. The summed E-state index contributed by atoms with van der Waals surface area (Å²) < 4.78 is 0. The number of fused-ring (bicyclic) bond motifs is 6. The van der Waals surface area contributed by atoms with Crippen molar-refractivity contribution in [2.75, 3.05) is 22.9 Å². The Morgan fingerprint density at radius 1 is 0.367 bits per heavy atom. The Morgan fingerprint density at radius 3 is 0.833 bits per heavy atom. The molecular formula is C26H24N4. The fourth-order valence-corrected chi connectivity index (χ4v) is 4.50. The van der Waals surface area contributed by atoms with E-state index in [4.69, 9.17) is 22.9 Å². The Labute approximate surface area is 176 Å². The van der Waals surface area contributed by atoms with Crippen LogP contribution in [0.2, 0.25) is 0 Å². The maximum atomic E-state index is 5.77. The highest BCUT2D eigenvalue weighted by atomic mass is 14.6. The Bertz CT molecular complexity index is 1090. The highest BCUT2D eigenvalue weighted by molar-refractivity contribution is 5.80. The van der Waals surface area contributed by atoms with Gasteiger partial charge < -0.3 is 22.9 Å². The maximum Gasteiger partial charge on any atom is 0.0317 e. The average Bonchev–Trinajstić information content (AvgIpc) is 3.23. The van der Waals surface area contributed by atoms with Gasteiger partial charge in [0.2, 0.25) is 0 Å². The lowest BCUT2D eigenvalue weighted by Gasteiger charge is -2.01. The first-order valence-corrected chi connectivity index (χ1v) is 10.0. The summed E-state index contributed by atoms with van der Waals surface area (Å²) in [7, 11) is 0. The Morgan fingerprint density at radius 2 is 0.600 bits per heavy atom. The van der Waals surface area contributed by atoms with Gasteiger partial charge in [-0.1, -0.05) is 24.3 Å². The second-order valence-electron chi connectivity index (χ2n) is 8.02. The largest absolute Gasteiger partial charge is 0.399 e. The van der Waals surface area contributed by atoms with Crippen LogP contribution in [0.5, 0.6) is 0 Å². The van der Waals surface area contributed by atoms with Crippen molar-refractivity contribution in [3.05, 3.63) is 95.1 Å². The van der Waals surface area contributed by atoms with Gasteiger partial charge >= 0.3 is 0 Å². The summed E-state index contributed by atoms with van der Waals surface area (Å²) in [4.78, 5) is 0. The van der Waals surface area contributed by atoms with Crippen molar-refractivity contribution in [2.45, 2.75) is 12.8 Å². The zero-order valence-corrected chi connectivity index (χ0v) is 16.7. The van der Waals surface area contributed by atoms with Gasteiger partial charge in [-0.2, -0.15) is 0 Å². The minimum Gasteiger partial charge on any atom is -0.399 e. The molecule has 4 nitrogen and oxygen atoms in total. The summed E-state index contributed by atoms with van der Waals surface area (Å²) in [5.74, 6) is 0. The molecule has 30 heavy (non-hydrogen) atoms. The predicted octanol–water partition coefficient (Wildman–Crippen LogP) is 4.84. The van der Waals surface area contributed by atoms with E-state index in [1.165, 1.54) is 44.5 Å². The molecule has 0 atom stereocenters. The molecule has 0 aliphatic heterocycles.